The van der Waals surface area contributed by atoms with Gasteiger partial charge in [-0.2, -0.15) is 0 Å². The molecule has 1 aliphatic rings. The Balaban J connectivity index is 1.78. The van der Waals surface area contributed by atoms with E-state index in [1.807, 2.05) is 37.3 Å². The van der Waals surface area contributed by atoms with Crippen molar-refractivity contribution in [3.63, 3.8) is 0 Å². The lowest BCUT2D eigenvalue weighted by molar-refractivity contribution is -0.143. The van der Waals surface area contributed by atoms with Crippen molar-refractivity contribution in [3.05, 3.63) is 64.7 Å². The van der Waals surface area contributed by atoms with Gasteiger partial charge in [-0.1, -0.05) is 48.0 Å². The van der Waals surface area contributed by atoms with Crippen LogP contribution in [0.25, 0.3) is 21.9 Å². The Kier molecular flexibility index (Phi) is 4.79. The molecule has 0 aromatic heterocycles. The Morgan fingerprint density at radius 2 is 1.96 bits per heavy atom. The zero-order chi connectivity index (χ0) is 19.0. The number of phenols is 1. The fourth-order valence-corrected chi connectivity index (χ4v) is 4.31. The Bertz CT molecular complexity index is 1030. The van der Waals surface area contributed by atoms with Gasteiger partial charge in [0.25, 0.3) is 0 Å². The lowest BCUT2D eigenvalue weighted by Crippen LogP contribution is -2.08. The second-order valence-electron chi connectivity index (χ2n) is 6.96. The van der Waals surface area contributed by atoms with Crippen molar-refractivity contribution < 1.29 is 14.6 Å². The molecule has 0 aliphatic heterocycles. The molecule has 1 aliphatic carbocycles. The van der Waals surface area contributed by atoms with E-state index in [0.717, 1.165) is 40.3 Å². The molecule has 0 fully saturated rings. The molecule has 1 atom stereocenters. The van der Waals surface area contributed by atoms with Gasteiger partial charge in [0.1, 0.15) is 5.75 Å². The summed E-state index contributed by atoms with van der Waals surface area (Å²) in [6.07, 6.45) is 1.96. The summed E-state index contributed by atoms with van der Waals surface area (Å²) in [5.41, 5.74) is 3.62. The van der Waals surface area contributed by atoms with E-state index in [9.17, 15) is 9.90 Å². The van der Waals surface area contributed by atoms with Gasteiger partial charge < -0.3 is 9.84 Å². The summed E-state index contributed by atoms with van der Waals surface area (Å²) in [6, 6.07) is 16.2. The largest absolute Gasteiger partial charge is 0.506 e. The molecule has 27 heavy (non-hydrogen) atoms. The second-order valence-corrected chi connectivity index (χ2v) is 7.34. The van der Waals surface area contributed by atoms with Crippen molar-refractivity contribution in [2.75, 3.05) is 6.61 Å². The van der Waals surface area contributed by atoms with Crippen LogP contribution in [0.15, 0.2) is 48.5 Å². The maximum absolute atomic E-state index is 12.0. The minimum absolute atomic E-state index is 0.0800. The van der Waals surface area contributed by atoms with Crippen molar-refractivity contribution in [2.45, 2.75) is 32.1 Å². The van der Waals surface area contributed by atoms with Crippen LogP contribution < -0.4 is 0 Å². The molecule has 4 rings (SSSR count). The lowest BCUT2D eigenvalue weighted by Gasteiger charge is -2.15. The zero-order valence-corrected chi connectivity index (χ0v) is 15.9. The van der Waals surface area contributed by atoms with E-state index in [1.165, 1.54) is 0 Å². The molecule has 3 nitrogen and oxygen atoms in total. The normalized spacial score (nSPS) is 15.7. The van der Waals surface area contributed by atoms with Crippen LogP contribution >= 0.6 is 11.6 Å². The number of ether oxygens (including phenoxy) is 1. The lowest BCUT2D eigenvalue weighted by atomic mass is 9.92. The van der Waals surface area contributed by atoms with E-state index in [0.29, 0.717) is 23.6 Å². The topological polar surface area (TPSA) is 46.5 Å². The number of hydrogen-bond acceptors (Lipinski definition) is 3. The van der Waals surface area contributed by atoms with Crippen LogP contribution in [0.3, 0.4) is 0 Å². The smallest absolute Gasteiger partial charge is 0.306 e. The molecule has 138 valence electrons. The van der Waals surface area contributed by atoms with E-state index < -0.39 is 0 Å². The Hall–Kier alpha value is -2.52. The van der Waals surface area contributed by atoms with E-state index in [-0.39, 0.29) is 17.6 Å². The number of halogens is 1. The molecule has 0 saturated heterocycles. The molecular weight excluding hydrogens is 360 g/mol. The fourth-order valence-electron chi connectivity index (χ4n) is 4.00. The van der Waals surface area contributed by atoms with Crippen LogP contribution in [0.4, 0.5) is 0 Å². The first-order chi connectivity index (χ1) is 13.1. The number of esters is 1. The van der Waals surface area contributed by atoms with Crippen LogP contribution in [0.2, 0.25) is 5.02 Å². The Labute approximate surface area is 163 Å². The SMILES string of the molecule is CCOC(=O)CC1CCc2c1cc(-c1ccc3ccccc3c1)c(O)c2Cl. The summed E-state index contributed by atoms with van der Waals surface area (Å²) in [6.45, 7) is 2.20. The van der Waals surface area contributed by atoms with Gasteiger partial charge >= 0.3 is 5.97 Å². The number of phenolic OH excluding ortho intramolecular Hbond substituents is 1. The number of hydrogen-bond donors (Lipinski definition) is 1. The van der Waals surface area contributed by atoms with Crippen LogP contribution in [0.1, 0.15) is 36.8 Å². The number of rotatable bonds is 4. The summed E-state index contributed by atoms with van der Waals surface area (Å²) >= 11 is 6.51. The average molecular weight is 381 g/mol. The number of benzene rings is 3. The maximum atomic E-state index is 12.0. The molecule has 0 bridgehead atoms. The predicted octanol–water partition coefficient (Wildman–Crippen LogP) is 5.85. The third-order valence-corrected chi connectivity index (χ3v) is 5.74. The Morgan fingerprint density at radius 3 is 2.74 bits per heavy atom. The van der Waals surface area contributed by atoms with Gasteiger partial charge in [-0.05, 0) is 65.3 Å². The average Bonchev–Trinajstić information content (AvgIpc) is 3.07. The van der Waals surface area contributed by atoms with Crippen molar-refractivity contribution in [1.29, 1.82) is 0 Å². The predicted molar refractivity (Wildman–Crippen MR) is 108 cm³/mol. The second kappa shape index (κ2) is 7.24. The highest BCUT2D eigenvalue weighted by atomic mass is 35.5. The molecule has 3 aromatic carbocycles. The summed E-state index contributed by atoms with van der Waals surface area (Å²) < 4.78 is 5.11. The summed E-state index contributed by atoms with van der Waals surface area (Å²) in [5, 5.41) is 13.4. The highest BCUT2D eigenvalue weighted by Gasteiger charge is 2.30. The van der Waals surface area contributed by atoms with E-state index in [2.05, 4.69) is 18.2 Å². The van der Waals surface area contributed by atoms with Crippen molar-refractivity contribution in [1.82, 2.24) is 0 Å². The zero-order valence-electron chi connectivity index (χ0n) is 15.2. The van der Waals surface area contributed by atoms with Gasteiger partial charge in [0.15, 0.2) is 0 Å². The van der Waals surface area contributed by atoms with Gasteiger partial charge in [-0.3, -0.25) is 4.79 Å². The quantitative estimate of drug-likeness (QED) is 0.577. The van der Waals surface area contributed by atoms with E-state index >= 15 is 0 Å². The molecule has 4 heteroatoms. The highest BCUT2D eigenvalue weighted by molar-refractivity contribution is 6.33. The standard InChI is InChI=1S/C23H21ClO3/c1-2-27-21(25)12-17-9-10-18-19(17)13-20(23(26)22(18)24)16-8-7-14-5-3-4-6-15(14)11-16/h3-8,11,13,17,26H,2,9-10,12H2,1H3. The van der Waals surface area contributed by atoms with Gasteiger partial charge in [0.05, 0.1) is 18.1 Å². The van der Waals surface area contributed by atoms with E-state index in [4.69, 9.17) is 16.3 Å². The highest BCUT2D eigenvalue weighted by Crippen LogP contribution is 2.47. The van der Waals surface area contributed by atoms with Crippen molar-refractivity contribution in [3.8, 4) is 16.9 Å². The van der Waals surface area contributed by atoms with Crippen LogP contribution in [-0.2, 0) is 16.0 Å². The maximum Gasteiger partial charge on any atom is 0.306 e. The molecule has 1 unspecified atom stereocenters. The molecule has 0 spiro atoms. The van der Waals surface area contributed by atoms with Gasteiger partial charge in [0.2, 0.25) is 0 Å². The first-order valence-corrected chi connectivity index (χ1v) is 9.65. The monoisotopic (exact) mass is 380 g/mol. The third kappa shape index (κ3) is 3.28. The van der Waals surface area contributed by atoms with Gasteiger partial charge in [0, 0.05) is 5.56 Å². The van der Waals surface area contributed by atoms with Gasteiger partial charge in [-0.15, -0.1) is 0 Å². The molecule has 1 N–H and O–H groups in total. The third-order valence-electron chi connectivity index (χ3n) is 5.34. The first kappa shape index (κ1) is 17.9. The molecule has 3 aromatic rings. The number of carbonyl (C=O) groups excluding carboxylic acids is 1. The molecule has 0 radical (unpaired) electrons. The molecule has 0 saturated carbocycles. The van der Waals surface area contributed by atoms with E-state index in [1.54, 1.807) is 0 Å². The number of aromatic hydroxyl groups is 1. The number of carbonyl (C=O) groups is 1. The van der Waals surface area contributed by atoms with Gasteiger partial charge in [-0.25, -0.2) is 0 Å². The fraction of sp³-hybridized carbons (Fsp3) is 0.261. The molecule has 0 amide bonds. The minimum Gasteiger partial charge on any atom is -0.506 e. The van der Waals surface area contributed by atoms with Crippen molar-refractivity contribution in [2.24, 2.45) is 0 Å². The molecule has 0 heterocycles. The van der Waals surface area contributed by atoms with Crippen LogP contribution in [0.5, 0.6) is 5.75 Å². The van der Waals surface area contributed by atoms with Crippen molar-refractivity contribution >= 4 is 28.3 Å². The van der Waals surface area contributed by atoms with Crippen LogP contribution in [-0.4, -0.2) is 17.7 Å². The van der Waals surface area contributed by atoms with Crippen LogP contribution in [0, 0.1) is 0 Å². The molecular formula is C23H21ClO3. The first-order valence-electron chi connectivity index (χ1n) is 9.27. The number of fused-ring (bicyclic) bond motifs is 2. The summed E-state index contributed by atoms with van der Waals surface area (Å²) in [7, 11) is 0. The Morgan fingerprint density at radius 1 is 1.19 bits per heavy atom. The summed E-state index contributed by atoms with van der Waals surface area (Å²) in [5.74, 6) is 0.00522. The minimum atomic E-state index is -0.188. The summed E-state index contributed by atoms with van der Waals surface area (Å²) in [4.78, 5) is 12.0.